The summed E-state index contributed by atoms with van der Waals surface area (Å²) in [6.07, 6.45) is 0.951. The summed E-state index contributed by atoms with van der Waals surface area (Å²) in [4.78, 5) is 17.6. The fraction of sp³-hybridized carbons (Fsp3) is 0.391. The molecule has 6 nitrogen and oxygen atoms in total. The van der Waals surface area contributed by atoms with E-state index in [0.29, 0.717) is 23.8 Å². The van der Waals surface area contributed by atoms with Crippen molar-refractivity contribution in [2.24, 2.45) is 5.10 Å². The average Bonchev–Trinajstić information content (AvgIpc) is 3.37. The van der Waals surface area contributed by atoms with Gasteiger partial charge in [0.2, 0.25) is 0 Å². The Morgan fingerprint density at radius 1 is 1.23 bits per heavy atom. The molecule has 2 aromatic carbocycles. The van der Waals surface area contributed by atoms with Crippen LogP contribution in [0.25, 0.3) is 0 Å². The van der Waals surface area contributed by atoms with Crippen molar-refractivity contribution in [2.45, 2.75) is 24.4 Å². The fourth-order valence-electron chi connectivity index (χ4n) is 4.73. The number of halogens is 1. The predicted molar refractivity (Wildman–Crippen MR) is 113 cm³/mol. The van der Waals surface area contributed by atoms with Gasteiger partial charge in [-0.3, -0.25) is 9.80 Å². The Balaban J connectivity index is 1.54. The largest absolute Gasteiger partial charge is 0.489 e. The molecule has 3 atom stereocenters. The molecule has 0 bridgehead atoms. The van der Waals surface area contributed by atoms with E-state index in [1.54, 1.807) is 11.1 Å². The number of likely N-dealkylation sites (N-methyl/N-ethyl adjacent to an activating group) is 2. The lowest BCUT2D eigenvalue weighted by atomic mass is 9.87. The summed E-state index contributed by atoms with van der Waals surface area (Å²) >= 11 is 0. The molecule has 0 saturated carbocycles. The van der Waals surface area contributed by atoms with Gasteiger partial charge in [-0.25, -0.2) is 4.39 Å². The number of benzene rings is 2. The highest BCUT2D eigenvalue weighted by molar-refractivity contribution is 6.42. The maximum Gasteiger partial charge on any atom is 0.270 e. The summed E-state index contributed by atoms with van der Waals surface area (Å²) in [6.45, 7) is 2.22. The third-order valence-corrected chi connectivity index (χ3v) is 6.40. The van der Waals surface area contributed by atoms with Crippen molar-refractivity contribution in [1.82, 2.24) is 9.80 Å². The van der Waals surface area contributed by atoms with Crippen LogP contribution in [-0.4, -0.2) is 67.3 Å². The molecule has 2 aromatic rings. The van der Waals surface area contributed by atoms with Gasteiger partial charge in [0.25, 0.3) is 5.91 Å². The predicted octanol–water partition coefficient (Wildman–Crippen LogP) is 2.71. The highest BCUT2D eigenvalue weighted by Gasteiger charge is 2.46. The first-order chi connectivity index (χ1) is 14.5. The molecule has 3 aliphatic heterocycles. The topological polar surface area (TPSA) is 48.4 Å². The molecule has 3 aliphatic rings. The Morgan fingerprint density at radius 3 is 2.77 bits per heavy atom. The molecule has 30 heavy (non-hydrogen) atoms. The van der Waals surface area contributed by atoms with Crippen LogP contribution in [0.2, 0.25) is 0 Å². The zero-order valence-electron chi connectivity index (χ0n) is 17.2. The highest BCUT2D eigenvalue weighted by atomic mass is 19.1. The summed E-state index contributed by atoms with van der Waals surface area (Å²) in [5.41, 5.74) is 2.07. The van der Waals surface area contributed by atoms with E-state index >= 15 is 0 Å². The minimum Gasteiger partial charge on any atom is -0.489 e. The first-order valence-electron chi connectivity index (χ1n) is 10.3. The third kappa shape index (κ3) is 3.13. The van der Waals surface area contributed by atoms with Crippen molar-refractivity contribution in [3.63, 3.8) is 0 Å². The Hall–Kier alpha value is -2.93. The zero-order valence-corrected chi connectivity index (χ0v) is 17.2. The van der Waals surface area contributed by atoms with Crippen LogP contribution in [-0.2, 0) is 4.79 Å². The Bertz CT molecular complexity index is 996. The number of carbonyl (C=O) groups is 1. The van der Waals surface area contributed by atoms with E-state index in [-0.39, 0.29) is 29.7 Å². The molecule has 156 valence electrons. The summed E-state index contributed by atoms with van der Waals surface area (Å²) in [6, 6.07) is 14.3. The maximum atomic E-state index is 14.0. The fourth-order valence-corrected chi connectivity index (χ4v) is 4.73. The molecule has 1 saturated heterocycles. The molecule has 0 aromatic heterocycles. The SMILES string of the molecule is CN1CCC(N(C)C(=O)C2=NN3c4cc(F)ccc4OC[C@H]3[C@H]2c2ccccc2)C1. The number of likely N-dealkylation sites (tertiary alicyclic amines) is 1. The lowest BCUT2D eigenvalue weighted by molar-refractivity contribution is -0.124. The van der Waals surface area contributed by atoms with Crippen LogP contribution in [0, 0.1) is 5.82 Å². The number of anilines is 1. The number of fused-ring (bicyclic) bond motifs is 3. The average molecular weight is 408 g/mol. The van der Waals surface area contributed by atoms with Gasteiger partial charge in [0.05, 0.1) is 12.0 Å². The van der Waals surface area contributed by atoms with Crippen molar-refractivity contribution in [3.8, 4) is 5.75 Å². The van der Waals surface area contributed by atoms with Gasteiger partial charge in [0.1, 0.15) is 29.6 Å². The first kappa shape index (κ1) is 19.1. The van der Waals surface area contributed by atoms with Crippen LogP contribution in [0.4, 0.5) is 10.1 Å². The van der Waals surface area contributed by atoms with Gasteiger partial charge in [-0.05, 0) is 37.7 Å². The Labute approximate surface area is 175 Å². The maximum absolute atomic E-state index is 14.0. The van der Waals surface area contributed by atoms with E-state index in [1.165, 1.54) is 12.1 Å². The smallest absolute Gasteiger partial charge is 0.270 e. The number of carbonyl (C=O) groups excluding carboxylic acids is 1. The van der Waals surface area contributed by atoms with Crippen molar-refractivity contribution in [1.29, 1.82) is 0 Å². The van der Waals surface area contributed by atoms with E-state index < -0.39 is 0 Å². The number of hydrogen-bond acceptors (Lipinski definition) is 5. The lowest BCUT2D eigenvalue weighted by Crippen LogP contribution is -2.45. The van der Waals surface area contributed by atoms with Crippen LogP contribution in [0.5, 0.6) is 5.75 Å². The standard InChI is InChI=1S/C23H25FN4O2/c1-26-11-10-17(13-26)27(2)23(29)22-21(15-6-4-3-5-7-15)19-14-30-20-9-8-16(24)12-18(20)28(19)25-22/h3-9,12,17,19,21H,10-11,13-14H2,1-2H3/t17?,19-,21+/m0/s1. The Morgan fingerprint density at radius 2 is 2.03 bits per heavy atom. The quantitative estimate of drug-likeness (QED) is 0.784. The summed E-state index contributed by atoms with van der Waals surface area (Å²) < 4.78 is 19.9. The molecule has 0 radical (unpaired) electrons. The molecule has 7 heteroatoms. The van der Waals surface area contributed by atoms with Crippen molar-refractivity contribution >= 4 is 17.3 Å². The second-order valence-corrected chi connectivity index (χ2v) is 8.33. The number of hydrogen-bond donors (Lipinski definition) is 0. The van der Waals surface area contributed by atoms with Gasteiger partial charge in [-0.1, -0.05) is 30.3 Å². The minimum atomic E-state index is -0.352. The van der Waals surface area contributed by atoms with Gasteiger partial charge in [0, 0.05) is 25.7 Å². The second-order valence-electron chi connectivity index (χ2n) is 8.33. The highest BCUT2D eigenvalue weighted by Crippen LogP contribution is 2.43. The zero-order chi connectivity index (χ0) is 20.8. The normalized spacial score (nSPS) is 25.4. The van der Waals surface area contributed by atoms with Crippen LogP contribution < -0.4 is 9.75 Å². The number of hydrazone groups is 1. The van der Waals surface area contributed by atoms with E-state index in [2.05, 4.69) is 11.9 Å². The van der Waals surface area contributed by atoms with Crippen molar-refractivity contribution in [3.05, 3.63) is 59.9 Å². The van der Waals surface area contributed by atoms with Crippen molar-refractivity contribution in [2.75, 3.05) is 38.8 Å². The van der Waals surface area contributed by atoms with Gasteiger partial charge in [-0.2, -0.15) is 5.10 Å². The molecule has 1 amide bonds. The van der Waals surface area contributed by atoms with Crippen LogP contribution in [0.1, 0.15) is 17.9 Å². The van der Waals surface area contributed by atoms with Crippen LogP contribution in [0.3, 0.4) is 0 Å². The third-order valence-electron chi connectivity index (χ3n) is 6.40. The molecule has 0 aliphatic carbocycles. The molecule has 0 spiro atoms. The van der Waals surface area contributed by atoms with Gasteiger partial charge in [-0.15, -0.1) is 0 Å². The van der Waals surface area contributed by atoms with E-state index in [4.69, 9.17) is 9.84 Å². The van der Waals surface area contributed by atoms with Gasteiger partial charge >= 0.3 is 0 Å². The molecule has 1 fully saturated rings. The molecule has 0 N–H and O–H groups in total. The van der Waals surface area contributed by atoms with E-state index in [9.17, 15) is 9.18 Å². The monoisotopic (exact) mass is 408 g/mol. The number of ether oxygens (including phenoxy) is 1. The molecule has 5 rings (SSSR count). The molecular formula is C23H25FN4O2. The number of amides is 1. The van der Waals surface area contributed by atoms with Gasteiger partial charge in [0.15, 0.2) is 0 Å². The van der Waals surface area contributed by atoms with Crippen molar-refractivity contribution < 1.29 is 13.9 Å². The molecular weight excluding hydrogens is 383 g/mol. The molecule has 1 unspecified atom stereocenters. The number of nitrogens with zero attached hydrogens (tertiary/aromatic N) is 4. The summed E-state index contributed by atoms with van der Waals surface area (Å²) in [7, 11) is 3.93. The van der Waals surface area contributed by atoms with E-state index in [0.717, 1.165) is 25.1 Å². The lowest BCUT2D eigenvalue weighted by Gasteiger charge is -2.34. The van der Waals surface area contributed by atoms with Crippen LogP contribution >= 0.6 is 0 Å². The number of rotatable bonds is 3. The molecule has 3 heterocycles. The minimum absolute atomic E-state index is 0.0727. The van der Waals surface area contributed by atoms with Crippen LogP contribution in [0.15, 0.2) is 53.6 Å². The first-order valence-corrected chi connectivity index (χ1v) is 10.3. The van der Waals surface area contributed by atoms with Gasteiger partial charge < -0.3 is 14.5 Å². The Kier molecular flexibility index (Phi) is 4.70. The second kappa shape index (κ2) is 7.40. The summed E-state index contributed by atoms with van der Waals surface area (Å²) in [5, 5.41) is 6.54. The summed E-state index contributed by atoms with van der Waals surface area (Å²) in [5.74, 6) is -0.0776. The van der Waals surface area contributed by atoms with E-state index in [1.807, 2.05) is 42.3 Å².